The second-order valence-electron chi connectivity index (χ2n) is 4.99. The summed E-state index contributed by atoms with van der Waals surface area (Å²) in [4.78, 5) is 4.05. The predicted octanol–water partition coefficient (Wildman–Crippen LogP) is 1.88. The number of halogens is 2. The van der Waals surface area contributed by atoms with Gasteiger partial charge in [0, 0.05) is 6.04 Å². The van der Waals surface area contributed by atoms with Crippen LogP contribution in [-0.4, -0.2) is 25.0 Å². The van der Waals surface area contributed by atoms with Gasteiger partial charge >= 0.3 is 0 Å². The molecule has 0 heterocycles. The van der Waals surface area contributed by atoms with Gasteiger partial charge in [-0.1, -0.05) is 12.8 Å². The predicted molar refractivity (Wildman–Crippen MR) is 59.6 cm³/mol. The third-order valence-corrected chi connectivity index (χ3v) is 3.63. The van der Waals surface area contributed by atoms with Crippen molar-refractivity contribution in [3.63, 3.8) is 0 Å². The van der Waals surface area contributed by atoms with Crippen LogP contribution in [0, 0.1) is 5.41 Å². The van der Waals surface area contributed by atoms with Crippen LogP contribution in [0.4, 0.5) is 8.78 Å². The Balaban J connectivity index is 1.78. The molecule has 0 radical (unpaired) electrons. The van der Waals surface area contributed by atoms with Gasteiger partial charge in [-0.05, 0) is 25.7 Å². The number of hydrogen-bond donors (Lipinski definition) is 2. The van der Waals surface area contributed by atoms with E-state index < -0.39 is 11.8 Å². The topological polar surface area (TPSA) is 50.4 Å². The summed E-state index contributed by atoms with van der Waals surface area (Å²) in [7, 11) is 0. The molecule has 3 nitrogen and oxygen atoms in total. The van der Waals surface area contributed by atoms with Gasteiger partial charge in [0.1, 0.15) is 0 Å². The maximum absolute atomic E-state index is 12.6. The Bertz CT molecular complexity index is 268. The van der Waals surface area contributed by atoms with Crippen molar-refractivity contribution in [2.45, 2.75) is 51.0 Å². The van der Waals surface area contributed by atoms with Gasteiger partial charge in [-0.25, -0.2) is 8.78 Å². The van der Waals surface area contributed by atoms with Crippen molar-refractivity contribution < 1.29 is 8.78 Å². The minimum atomic E-state index is -2.27. The first-order valence-electron chi connectivity index (χ1n) is 5.97. The molecule has 0 amide bonds. The molecule has 16 heavy (non-hydrogen) atoms. The zero-order valence-electron chi connectivity index (χ0n) is 9.38. The van der Waals surface area contributed by atoms with Crippen LogP contribution in [0.3, 0.4) is 0 Å². The quantitative estimate of drug-likeness (QED) is 0.573. The summed E-state index contributed by atoms with van der Waals surface area (Å²) in [5.41, 5.74) is 4.82. The lowest BCUT2D eigenvalue weighted by Crippen LogP contribution is -2.39. The second kappa shape index (κ2) is 4.55. The Hall–Kier alpha value is -0.870. The van der Waals surface area contributed by atoms with E-state index in [0.717, 1.165) is 12.8 Å². The molecule has 0 atom stereocenters. The van der Waals surface area contributed by atoms with Gasteiger partial charge in [-0.3, -0.25) is 4.99 Å². The summed E-state index contributed by atoms with van der Waals surface area (Å²) < 4.78 is 25.2. The Morgan fingerprint density at radius 3 is 2.50 bits per heavy atom. The van der Waals surface area contributed by atoms with Gasteiger partial charge < -0.3 is 11.1 Å². The van der Waals surface area contributed by atoms with Gasteiger partial charge in [0.2, 0.25) is 6.43 Å². The van der Waals surface area contributed by atoms with Crippen molar-refractivity contribution >= 4 is 5.96 Å². The maximum atomic E-state index is 12.6. The summed E-state index contributed by atoms with van der Waals surface area (Å²) in [5, 5.41) is 3.10. The fraction of sp³-hybridized carbons (Fsp3) is 0.909. The normalized spacial score (nSPS) is 25.1. The van der Waals surface area contributed by atoms with Crippen LogP contribution in [0.5, 0.6) is 0 Å². The Morgan fingerprint density at radius 2 is 2.00 bits per heavy atom. The molecule has 0 saturated heterocycles. The molecule has 0 unspecified atom stereocenters. The first-order chi connectivity index (χ1) is 7.62. The minimum absolute atomic E-state index is 0.163. The van der Waals surface area contributed by atoms with E-state index in [4.69, 9.17) is 5.73 Å². The average Bonchev–Trinajstić information content (AvgIpc) is 2.88. The highest BCUT2D eigenvalue weighted by Gasteiger charge is 2.50. The number of nitrogens with two attached hydrogens (primary N) is 1. The van der Waals surface area contributed by atoms with E-state index in [-0.39, 0.29) is 6.54 Å². The molecular formula is C11H19F2N3. The number of guanidine groups is 1. The zero-order chi connectivity index (χ0) is 11.6. The van der Waals surface area contributed by atoms with Crippen molar-refractivity contribution in [3.8, 4) is 0 Å². The van der Waals surface area contributed by atoms with Crippen molar-refractivity contribution in [2.75, 3.05) is 6.54 Å². The molecule has 2 fully saturated rings. The monoisotopic (exact) mass is 231 g/mol. The molecule has 0 aromatic heterocycles. The summed E-state index contributed by atoms with van der Waals surface area (Å²) in [5.74, 6) is 0.332. The molecule has 0 bridgehead atoms. The van der Waals surface area contributed by atoms with Crippen LogP contribution in [-0.2, 0) is 0 Å². The molecule has 0 aromatic carbocycles. The molecule has 2 aliphatic carbocycles. The zero-order valence-corrected chi connectivity index (χ0v) is 9.38. The lowest BCUT2D eigenvalue weighted by atomic mass is 10.1. The molecule has 5 heteroatoms. The molecule has 0 aromatic rings. The number of nitrogens with one attached hydrogen (secondary N) is 1. The van der Waals surface area contributed by atoms with Crippen molar-refractivity contribution in [3.05, 3.63) is 0 Å². The summed E-state index contributed by atoms with van der Waals surface area (Å²) >= 11 is 0. The second-order valence-corrected chi connectivity index (χ2v) is 4.99. The minimum Gasteiger partial charge on any atom is -0.370 e. The Morgan fingerprint density at radius 1 is 1.38 bits per heavy atom. The lowest BCUT2D eigenvalue weighted by Gasteiger charge is -2.14. The van der Waals surface area contributed by atoms with Crippen LogP contribution < -0.4 is 11.1 Å². The van der Waals surface area contributed by atoms with Gasteiger partial charge in [0.25, 0.3) is 0 Å². The molecule has 0 aliphatic heterocycles. The highest BCUT2D eigenvalue weighted by molar-refractivity contribution is 5.78. The van der Waals surface area contributed by atoms with Gasteiger partial charge in [-0.2, -0.15) is 0 Å². The lowest BCUT2D eigenvalue weighted by molar-refractivity contribution is 0.0667. The van der Waals surface area contributed by atoms with Crippen LogP contribution in [0.15, 0.2) is 4.99 Å². The summed E-state index contributed by atoms with van der Waals surface area (Å²) in [6.45, 7) is 0.163. The molecule has 92 valence electrons. The van der Waals surface area contributed by atoms with E-state index >= 15 is 0 Å². The van der Waals surface area contributed by atoms with Crippen molar-refractivity contribution in [1.29, 1.82) is 0 Å². The Labute approximate surface area is 94.5 Å². The largest absolute Gasteiger partial charge is 0.370 e. The van der Waals surface area contributed by atoms with Crippen LogP contribution in [0.25, 0.3) is 0 Å². The van der Waals surface area contributed by atoms with Crippen LogP contribution >= 0.6 is 0 Å². The number of rotatable bonds is 4. The fourth-order valence-corrected chi connectivity index (χ4v) is 2.17. The van der Waals surface area contributed by atoms with E-state index in [9.17, 15) is 8.78 Å². The van der Waals surface area contributed by atoms with Crippen LogP contribution in [0.2, 0.25) is 0 Å². The van der Waals surface area contributed by atoms with Gasteiger partial charge in [0.15, 0.2) is 5.96 Å². The smallest absolute Gasteiger partial charge is 0.245 e. The molecule has 2 rings (SSSR count). The van der Waals surface area contributed by atoms with Crippen LogP contribution in [0.1, 0.15) is 38.5 Å². The highest BCUT2D eigenvalue weighted by atomic mass is 19.3. The van der Waals surface area contributed by atoms with Crippen molar-refractivity contribution in [1.82, 2.24) is 5.32 Å². The van der Waals surface area contributed by atoms with E-state index in [1.165, 1.54) is 12.8 Å². The maximum Gasteiger partial charge on any atom is 0.245 e. The summed E-state index contributed by atoms with van der Waals surface area (Å²) in [6, 6.07) is 0.394. The third kappa shape index (κ3) is 2.62. The third-order valence-electron chi connectivity index (χ3n) is 3.63. The van der Waals surface area contributed by atoms with Gasteiger partial charge in [-0.15, -0.1) is 0 Å². The van der Waals surface area contributed by atoms with E-state index in [2.05, 4.69) is 10.3 Å². The van der Waals surface area contributed by atoms with Crippen molar-refractivity contribution in [2.24, 2.45) is 16.1 Å². The number of alkyl halides is 2. The SMILES string of the molecule is NC(=NCC1(C(F)F)CC1)NC1CCCC1. The molecule has 3 N–H and O–H groups in total. The van der Waals surface area contributed by atoms with Gasteiger partial charge in [0.05, 0.1) is 12.0 Å². The number of hydrogen-bond acceptors (Lipinski definition) is 1. The highest BCUT2D eigenvalue weighted by Crippen LogP contribution is 2.50. The van der Waals surface area contributed by atoms with E-state index in [1.807, 2.05) is 0 Å². The van der Waals surface area contributed by atoms with E-state index in [1.54, 1.807) is 0 Å². The summed E-state index contributed by atoms with van der Waals surface area (Å²) in [6.07, 6.45) is 3.52. The fourth-order valence-electron chi connectivity index (χ4n) is 2.17. The molecule has 2 aliphatic rings. The number of aliphatic imine (C=N–C) groups is 1. The first kappa shape index (κ1) is 11.6. The standard InChI is InChI=1S/C11H19F2N3/c12-9(13)11(5-6-11)7-15-10(14)16-8-3-1-2-4-8/h8-9H,1-7H2,(H3,14,15,16). The Kier molecular flexibility index (Phi) is 3.30. The average molecular weight is 231 g/mol. The molecule has 2 saturated carbocycles. The molecule has 0 spiro atoms. The first-order valence-corrected chi connectivity index (χ1v) is 5.97. The van der Waals surface area contributed by atoms with E-state index in [0.29, 0.717) is 24.8 Å². The number of nitrogens with zero attached hydrogens (tertiary/aromatic N) is 1. The molecular weight excluding hydrogens is 212 g/mol.